The van der Waals surface area contributed by atoms with Gasteiger partial charge in [-0.05, 0) is 50.2 Å². The number of benzene rings is 1. The van der Waals surface area contributed by atoms with Gasteiger partial charge in [0.15, 0.2) is 0 Å². The van der Waals surface area contributed by atoms with Crippen molar-refractivity contribution in [1.82, 2.24) is 24.8 Å². The number of amides is 1. The average molecular weight is 467 g/mol. The molecule has 0 N–H and O–H groups in total. The van der Waals surface area contributed by atoms with E-state index in [0.29, 0.717) is 23.0 Å². The van der Waals surface area contributed by atoms with Crippen molar-refractivity contribution in [3.63, 3.8) is 0 Å². The highest BCUT2D eigenvalue weighted by Crippen LogP contribution is 2.41. The molecule has 0 bridgehead atoms. The largest absolute Gasteiger partial charge is 0.369 e. The molecule has 0 saturated carbocycles. The molecule has 2 aromatic heterocycles. The van der Waals surface area contributed by atoms with Gasteiger partial charge >= 0.3 is 0 Å². The maximum atomic E-state index is 15.6. The molecule has 178 valence electrons. The Hall–Kier alpha value is -3.20. The van der Waals surface area contributed by atoms with Crippen LogP contribution in [0.25, 0.3) is 10.9 Å². The minimum atomic E-state index is -3.13. The number of hydrogen-bond acceptors (Lipinski definition) is 6. The van der Waals surface area contributed by atoms with Gasteiger partial charge in [-0.1, -0.05) is 6.07 Å². The maximum absolute atomic E-state index is 15.6. The molecule has 3 aromatic rings. The fraction of sp³-hybridized carbons (Fsp3) is 0.440. The lowest BCUT2D eigenvalue weighted by atomic mass is 9.90. The lowest BCUT2D eigenvalue weighted by molar-refractivity contribution is -0.0433. The quantitative estimate of drug-likeness (QED) is 0.589. The zero-order chi connectivity index (χ0) is 23.7. The van der Waals surface area contributed by atoms with Crippen LogP contribution in [0.3, 0.4) is 0 Å². The topological polar surface area (TPSA) is 65.5 Å². The summed E-state index contributed by atoms with van der Waals surface area (Å²) in [6.07, 6.45) is 3.58. The SMILES string of the molecule is CN1CCN(c2ccc3c(C4CCCN(C(=O)c5ccccn5)CC4(F)F)ncnc3c2)CC1. The van der Waals surface area contributed by atoms with Gasteiger partial charge in [0, 0.05) is 50.0 Å². The van der Waals surface area contributed by atoms with Crippen molar-refractivity contribution in [2.75, 3.05) is 51.2 Å². The molecule has 5 rings (SSSR count). The first-order valence-corrected chi connectivity index (χ1v) is 11.7. The average Bonchev–Trinajstić information content (AvgIpc) is 3.01. The van der Waals surface area contributed by atoms with E-state index in [-0.39, 0.29) is 18.7 Å². The fourth-order valence-electron chi connectivity index (χ4n) is 4.91. The van der Waals surface area contributed by atoms with E-state index in [1.165, 1.54) is 17.4 Å². The Kier molecular flexibility index (Phi) is 6.12. The number of likely N-dealkylation sites (N-methyl/N-ethyl adjacent to an activating group) is 1. The molecule has 1 amide bonds. The van der Waals surface area contributed by atoms with Crippen molar-refractivity contribution in [3.8, 4) is 0 Å². The van der Waals surface area contributed by atoms with Crippen molar-refractivity contribution >= 4 is 22.5 Å². The van der Waals surface area contributed by atoms with E-state index < -0.39 is 24.3 Å². The number of rotatable bonds is 3. The Morgan fingerprint density at radius 1 is 1.03 bits per heavy atom. The van der Waals surface area contributed by atoms with Crippen molar-refractivity contribution in [3.05, 3.63) is 60.3 Å². The third-order valence-corrected chi connectivity index (χ3v) is 6.85. The van der Waals surface area contributed by atoms with Crippen LogP contribution in [0.4, 0.5) is 14.5 Å². The normalized spacial score (nSPS) is 21.4. The predicted octanol–water partition coefficient (Wildman–Crippen LogP) is 3.43. The lowest BCUT2D eigenvalue weighted by Crippen LogP contribution is -2.44. The highest BCUT2D eigenvalue weighted by molar-refractivity contribution is 5.92. The van der Waals surface area contributed by atoms with Crippen LogP contribution in [-0.4, -0.2) is 82.9 Å². The van der Waals surface area contributed by atoms with Crippen molar-refractivity contribution < 1.29 is 13.6 Å². The molecule has 4 heterocycles. The molecule has 1 atom stereocenters. The van der Waals surface area contributed by atoms with Gasteiger partial charge in [-0.25, -0.2) is 18.7 Å². The Labute approximate surface area is 197 Å². The molecule has 0 radical (unpaired) electrons. The lowest BCUT2D eigenvalue weighted by Gasteiger charge is -2.34. The summed E-state index contributed by atoms with van der Waals surface area (Å²) in [6.45, 7) is 3.40. The number of hydrogen-bond donors (Lipinski definition) is 0. The number of piperazine rings is 1. The molecule has 1 unspecified atom stereocenters. The first-order chi connectivity index (χ1) is 16.4. The molecule has 1 aromatic carbocycles. The summed E-state index contributed by atoms with van der Waals surface area (Å²) < 4.78 is 31.2. The molecule has 2 aliphatic heterocycles. The zero-order valence-electron chi connectivity index (χ0n) is 19.2. The number of anilines is 1. The van der Waals surface area contributed by atoms with E-state index >= 15 is 8.78 Å². The molecule has 2 saturated heterocycles. The molecule has 0 aliphatic carbocycles. The van der Waals surface area contributed by atoms with E-state index in [9.17, 15) is 4.79 Å². The summed E-state index contributed by atoms with van der Waals surface area (Å²) >= 11 is 0. The second-order valence-electron chi connectivity index (χ2n) is 9.15. The van der Waals surface area contributed by atoms with Crippen molar-refractivity contribution in [1.29, 1.82) is 0 Å². The Bertz CT molecular complexity index is 1170. The predicted molar refractivity (Wildman–Crippen MR) is 126 cm³/mol. The van der Waals surface area contributed by atoms with Gasteiger partial charge in [-0.15, -0.1) is 0 Å². The third-order valence-electron chi connectivity index (χ3n) is 6.85. The van der Waals surface area contributed by atoms with Crippen LogP contribution in [0.2, 0.25) is 0 Å². The van der Waals surface area contributed by atoms with Gasteiger partial charge in [0.1, 0.15) is 12.0 Å². The number of carbonyl (C=O) groups excluding carboxylic acids is 1. The summed E-state index contributed by atoms with van der Waals surface area (Å²) in [5.41, 5.74) is 2.25. The number of aromatic nitrogens is 3. The smallest absolute Gasteiger partial charge is 0.273 e. The van der Waals surface area contributed by atoms with Gasteiger partial charge < -0.3 is 14.7 Å². The van der Waals surface area contributed by atoms with E-state index in [1.54, 1.807) is 18.2 Å². The first-order valence-electron chi connectivity index (χ1n) is 11.7. The van der Waals surface area contributed by atoms with Crippen molar-refractivity contribution in [2.24, 2.45) is 0 Å². The number of nitrogens with zero attached hydrogens (tertiary/aromatic N) is 6. The Morgan fingerprint density at radius 2 is 1.85 bits per heavy atom. The minimum Gasteiger partial charge on any atom is -0.369 e. The molecule has 7 nitrogen and oxygen atoms in total. The monoisotopic (exact) mass is 466 g/mol. The molecule has 2 fully saturated rings. The summed E-state index contributed by atoms with van der Waals surface area (Å²) in [5.74, 6) is -4.68. The maximum Gasteiger partial charge on any atom is 0.273 e. The summed E-state index contributed by atoms with van der Waals surface area (Å²) in [6, 6.07) is 10.8. The van der Waals surface area contributed by atoms with Gasteiger partial charge in [0.05, 0.1) is 23.7 Å². The number of fused-ring (bicyclic) bond motifs is 1. The minimum absolute atomic E-state index is 0.181. The summed E-state index contributed by atoms with van der Waals surface area (Å²) in [4.78, 5) is 31.4. The summed E-state index contributed by atoms with van der Waals surface area (Å²) in [7, 11) is 2.11. The highest BCUT2D eigenvalue weighted by atomic mass is 19.3. The van der Waals surface area contributed by atoms with Gasteiger partial charge in [-0.2, -0.15) is 0 Å². The number of halogens is 2. The zero-order valence-corrected chi connectivity index (χ0v) is 19.2. The second-order valence-corrected chi connectivity index (χ2v) is 9.15. The van der Waals surface area contributed by atoms with Gasteiger partial charge in [-0.3, -0.25) is 9.78 Å². The van der Waals surface area contributed by atoms with Crippen LogP contribution in [0.5, 0.6) is 0 Å². The Morgan fingerprint density at radius 3 is 2.62 bits per heavy atom. The molecular weight excluding hydrogens is 438 g/mol. The second kappa shape index (κ2) is 9.21. The molecule has 2 aliphatic rings. The van der Waals surface area contributed by atoms with Crippen LogP contribution >= 0.6 is 0 Å². The highest BCUT2D eigenvalue weighted by Gasteiger charge is 2.46. The Balaban J connectivity index is 1.42. The van der Waals surface area contributed by atoms with E-state index in [4.69, 9.17) is 0 Å². The van der Waals surface area contributed by atoms with Gasteiger partial charge in [0.2, 0.25) is 0 Å². The number of pyridine rings is 1. The number of alkyl halides is 2. The molecule has 34 heavy (non-hydrogen) atoms. The van der Waals surface area contributed by atoms with Gasteiger partial charge in [0.25, 0.3) is 11.8 Å². The van der Waals surface area contributed by atoms with E-state index in [0.717, 1.165) is 31.9 Å². The standard InChI is InChI=1S/C25H28F2N6O/c1-31-11-13-32(14-12-31)18-7-8-19-22(15-18)29-17-30-23(19)20-5-4-10-33(16-25(20,26)27)24(34)21-6-2-3-9-28-21/h2-3,6-9,15,17,20H,4-5,10-14,16H2,1H3. The number of likely N-dealkylation sites (tertiary alicyclic amines) is 1. The van der Waals surface area contributed by atoms with Crippen LogP contribution < -0.4 is 4.90 Å². The summed E-state index contributed by atoms with van der Waals surface area (Å²) in [5, 5.41) is 0.648. The van der Waals surface area contributed by atoms with Crippen LogP contribution in [0.1, 0.15) is 34.9 Å². The van der Waals surface area contributed by atoms with Crippen LogP contribution in [0.15, 0.2) is 48.9 Å². The number of carbonyl (C=O) groups is 1. The molecular formula is C25H28F2N6O. The third kappa shape index (κ3) is 4.44. The van der Waals surface area contributed by atoms with E-state index in [1.807, 2.05) is 18.2 Å². The van der Waals surface area contributed by atoms with Crippen molar-refractivity contribution in [2.45, 2.75) is 24.7 Å². The first kappa shape index (κ1) is 22.6. The van der Waals surface area contributed by atoms with E-state index in [2.05, 4.69) is 31.8 Å². The molecule has 0 spiro atoms. The van der Waals surface area contributed by atoms with Crippen LogP contribution in [0, 0.1) is 0 Å². The van der Waals surface area contributed by atoms with Crippen LogP contribution in [-0.2, 0) is 0 Å². The molecule has 9 heteroatoms. The fourth-order valence-corrected chi connectivity index (χ4v) is 4.91.